The maximum Gasteiger partial charge on any atom is 0.266 e. The summed E-state index contributed by atoms with van der Waals surface area (Å²) in [6.07, 6.45) is 0.501. The van der Waals surface area contributed by atoms with Gasteiger partial charge in [-0.3, -0.25) is 9.36 Å². The third-order valence-corrected chi connectivity index (χ3v) is 9.38. The molecule has 0 saturated carbocycles. The highest BCUT2D eigenvalue weighted by atomic mass is 32.2. The summed E-state index contributed by atoms with van der Waals surface area (Å²) in [5.74, 6) is 0.359. The topological polar surface area (TPSA) is 72.3 Å². The van der Waals surface area contributed by atoms with Crippen molar-refractivity contribution in [2.24, 2.45) is 0 Å². The van der Waals surface area contributed by atoms with Crippen LogP contribution in [0.15, 0.2) is 137 Å². The number of hydrogen-bond acceptors (Lipinski definition) is 4. The summed E-state index contributed by atoms with van der Waals surface area (Å²) in [4.78, 5) is 19.0. The molecule has 0 N–H and O–H groups in total. The van der Waals surface area contributed by atoms with Crippen molar-refractivity contribution in [2.75, 3.05) is 6.54 Å². The molecule has 0 aliphatic heterocycles. The number of benzene rings is 5. The van der Waals surface area contributed by atoms with Gasteiger partial charge in [-0.1, -0.05) is 91.0 Å². The van der Waals surface area contributed by atoms with E-state index in [1.165, 1.54) is 4.31 Å². The number of para-hydroxylation sites is 2. The third-order valence-electron chi connectivity index (χ3n) is 7.41. The molecule has 41 heavy (non-hydrogen) atoms. The molecule has 204 valence electrons. The minimum Gasteiger partial charge on any atom is -0.268 e. The number of aromatic nitrogens is 2. The second-order valence-corrected chi connectivity index (χ2v) is 11.9. The molecule has 1 atom stereocenters. The van der Waals surface area contributed by atoms with Gasteiger partial charge in [-0.25, -0.2) is 13.4 Å². The summed E-state index contributed by atoms with van der Waals surface area (Å²) < 4.78 is 31.9. The molecule has 0 saturated heterocycles. The largest absolute Gasteiger partial charge is 0.268 e. The fraction of sp³-hybridized carbons (Fsp3) is 0.118. The van der Waals surface area contributed by atoms with E-state index >= 15 is 0 Å². The molecule has 0 bridgehead atoms. The molecule has 0 radical (unpaired) electrons. The maximum atomic E-state index is 14.4. The van der Waals surface area contributed by atoms with E-state index in [4.69, 9.17) is 4.98 Å². The average molecular weight is 560 g/mol. The van der Waals surface area contributed by atoms with Crippen LogP contribution in [-0.2, 0) is 16.4 Å². The monoisotopic (exact) mass is 559 g/mol. The van der Waals surface area contributed by atoms with E-state index < -0.39 is 16.1 Å². The summed E-state index contributed by atoms with van der Waals surface area (Å²) in [6, 6.07) is 38.3. The smallest absolute Gasteiger partial charge is 0.266 e. The highest BCUT2D eigenvalue weighted by molar-refractivity contribution is 7.89. The van der Waals surface area contributed by atoms with Crippen molar-refractivity contribution in [3.8, 4) is 5.69 Å². The maximum absolute atomic E-state index is 14.4. The number of rotatable bonds is 8. The minimum atomic E-state index is -4.00. The fourth-order valence-corrected chi connectivity index (χ4v) is 6.88. The molecule has 0 amide bonds. The van der Waals surface area contributed by atoms with Crippen LogP contribution in [0.5, 0.6) is 0 Å². The number of sulfonamides is 1. The molecule has 6 aromatic rings. The molecule has 1 aromatic heterocycles. The van der Waals surface area contributed by atoms with Crippen molar-refractivity contribution >= 4 is 31.7 Å². The summed E-state index contributed by atoms with van der Waals surface area (Å²) in [5.41, 5.74) is 1.93. The van der Waals surface area contributed by atoms with Crippen molar-refractivity contribution < 1.29 is 8.42 Å². The van der Waals surface area contributed by atoms with Crippen LogP contribution in [-0.4, -0.2) is 28.8 Å². The zero-order valence-corrected chi connectivity index (χ0v) is 23.4. The van der Waals surface area contributed by atoms with E-state index in [0.29, 0.717) is 28.8 Å². The summed E-state index contributed by atoms with van der Waals surface area (Å²) in [7, 11) is -4.00. The Morgan fingerprint density at radius 1 is 0.756 bits per heavy atom. The van der Waals surface area contributed by atoms with Gasteiger partial charge < -0.3 is 0 Å². The fourth-order valence-electron chi connectivity index (χ4n) is 5.25. The molecule has 6 nitrogen and oxygen atoms in total. The standard InChI is InChI=1S/C34H29N3O3S/c1-25(33-35-32-19-11-10-18-31(32)34(38)37(33)29-16-6-3-7-17-29)36(23-22-26-12-4-2-5-13-26)41(39,40)30-21-20-27-14-8-9-15-28(27)24-30/h2-21,24-25H,22-23H2,1H3. The molecule has 1 unspecified atom stereocenters. The minimum absolute atomic E-state index is 0.200. The Balaban J connectivity index is 1.53. The van der Waals surface area contributed by atoms with Crippen molar-refractivity contribution in [1.82, 2.24) is 13.9 Å². The first-order valence-electron chi connectivity index (χ1n) is 13.6. The van der Waals surface area contributed by atoms with Gasteiger partial charge in [0.05, 0.1) is 27.5 Å². The van der Waals surface area contributed by atoms with Crippen LogP contribution in [0.3, 0.4) is 0 Å². The van der Waals surface area contributed by atoms with Gasteiger partial charge in [0.15, 0.2) is 0 Å². The lowest BCUT2D eigenvalue weighted by Gasteiger charge is -2.30. The van der Waals surface area contributed by atoms with Crippen LogP contribution in [0.2, 0.25) is 0 Å². The molecule has 7 heteroatoms. The van der Waals surface area contributed by atoms with Crippen LogP contribution >= 0.6 is 0 Å². The van der Waals surface area contributed by atoms with Crippen LogP contribution in [0.4, 0.5) is 0 Å². The highest BCUT2D eigenvalue weighted by Gasteiger charge is 2.33. The van der Waals surface area contributed by atoms with Crippen molar-refractivity contribution in [1.29, 1.82) is 0 Å². The molecule has 0 spiro atoms. The Labute approximate surface area is 239 Å². The van der Waals surface area contributed by atoms with E-state index in [1.54, 1.807) is 41.8 Å². The molecule has 6 rings (SSSR count). The second kappa shape index (κ2) is 11.1. The average Bonchev–Trinajstić information content (AvgIpc) is 3.01. The van der Waals surface area contributed by atoms with E-state index in [1.807, 2.05) is 97.1 Å². The van der Waals surface area contributed by atoms with Crippen LogP contribution in [0, 0.1) is 0 Å². The van der Waals surface area contributed by atoms with E-state index in [0.717, 1.165) is 16.3 Å². The zero-order valence-electron chi connectivity index (χ0n) is 22.6. The SMILES string of the molecule is CC(c1nc2ccccc2c(=O)n1-c1ccccc1)N(CCc1ccccc1)S(=O)(=O)c1ccc2ccccc2c1. The molecular weight excluding hydrogens is 530 g/mol. The Morgan fingerprint density at radius 3 is 2.15 bits per heavy atom. The van der Waals surface area contributed by atoms with Gasteiger partial charge in [-0.05, 0) is 66.1 Å². The lowest BCUT2D eigenvalue weighted by Crippen LogP contribution is -2.38. The summed E-state index contributed by atoms with van der Waals surface area (Å²) in [5, 5.41) is 2.28. The Kier molecular flexibility index (Phi) is 7.22. The van der Waals surface area contributed by atoms with Gasteiger partial charge in [0, 0.05) is 6.54 Å². The molecule has 0 aliphatic carbocycles. The van der Waals surface area contributed by atoms with Crippen molar-refractivity contribution in [2.45, 2.75) is 24.3 Å². The third kappa shape index (κ3) is 5.17. The van der Waals surface area contributed by atoms with Gasteiger partial charge in [0.2, 0.25) is 10.0 Å². The predicted molar refractivity (Wildman–Crippen MR) is 164 cm³/mol. The van der Waals surface area contributed by atoms with Crippen molar-refractivity contribution in [3.63, 3.8) is 0 Å². The normalized spacial score (nSPS) is 12.6. The molecule has 0 fully saturated rings. The van der Waals surface area contributed by atoms with Crippen molar-refractivity contribution in [3.05, 3.63) is 149 Å². The zero-order chi connectivity index (χ0) is 28.4. The Hall–Kier alpha value is -4.59. The molecule has 1 heterocycles. The van der Waals surface area contributed by atoms with E-state index in [2.05, 4.69) is 0 Å². The second-order valence-electron chi connectivity index (χ2n) is 10.00. The van der Waals surface area contributed by atoms with Gasteiger partial charge in [0.25, 0.3) is 5.56 Å². The van der Waals surface area contributed by atoms with Gasteiger partial charge >= 0.3 is 0 Å². The van der Waals surface area contributed by atoms with Gasteiger partial charge in [-0.2, -0.15) is 4.31 Å². The Morgan fingerprint density at radius 2 is 1.39 bits per heavy atom. The van der Waals surface area contributed by atoms with E-state index in [-0.39, 0.29) is 17.0 Å². The molecule has 0 aliphatic rings. The quantitative estimate of drug-likeness (QED) is 0.212. The summed E-state index contributed by atoms with van der Waals surface area (Å²) in [6.45, 7) is 2.01. The summed E-state index contributed by atoms with van der Waals surface area (Å²) >= 11 is 0. The first kappa shape index (κ1) is 26.6. The lowest BCUT2D eigenvalue weighted by molar-refractivity contribution is 0.330. The number of fused-ring (bicyclic) bond motifs is 2. The Bertz CT molecular complexity index is 2010. The highest BCUT2D eigenvalue weighted by Crippen LogP contribution is 2.30. The lowest BCUT2D eigenvalue weighted by atomic mass is 10.1. The first-order valence-corrected chi connectivity index (χ1v) is 15.0. The number of hydrogen-bond donors (Lipinski definition) is 0. The van der Waals surface area contributed by atoms with E-state index in [9.17, 15) is 13.2 Å². The number of nitrogens with zero attached hydrogens (tertiary/aromatic N) is 3. The van der Waals surface area contributed by atoms with Gasteiger partial charge in [-0.15, -0.1) is 0 Å². The molecule has 5 aromatic carbocycles. The van der Waals surface area contributed by atoms with Crippen LogP contribution < -0.4 is 5.56 Å². The first-order chi connectivity index (χ1) is 19.9. The van der Waals surface area contributed by atoms with Crippen LogP contribution in [0.25, 0.3) is 27.4 Å². The van der Waals surface area contributed by atoms with Gasteiger partial charge in [0.1, 0.15) is 5.82 Å². The van der Waals surface area contributed by atoms with Crippen LogP contribution in [0.1, 0.15) is 24.4 Å². The predicted octanol–water partition coefficient (Wildman–Crippen LogP) is 6.53. The molecular formula is C34H29N3O3S.